The number of halogens is 1. The molecule has 122 valence electrons. The van der Waals surface area contributed by atoms with Gasteiger partial charge in [-0.25, -0.2) is 4.39 Å². The van der Waals surface area contributed by atoms with E-state index in [1.165, 1.54) is 28.8 Å². The van der Waals surface area contributed by atoms with E-state index in [4.69, 9.17) is 12.2 Å². The molecule has 1 fully saturated rings. The highest BCUT2D eigenvalue weighted by Crippen LogP contribution is 2.32. The summed E-state index contributed by atoms with van der Waals surface area (Å²) >= 11 is 6.43. The maximum absolute atomic E-state index is 12.9. The van der Waals surface area contributed by atoms with Crippen molar-refractivity contribution in [3.05, 3.63) is 40.6 Å². The molecule has 1 aliphatic rings. The molecule has 2 rings (SSSR count). The van der Waals surface area contributed by atoms with E-state index in [2.05, 4.69) is 0 Å². The first-order valence-corrected chi connectivity index (χ1v) is 8.40. The van der Waals surface area contributed by atoms with E-state index in [1.807, 2.05) is 0 Å². The molecule has 0 aliphatic carbocycles. The number of carbonyl (C=O) groups excluding carboxylic acids is 2. The number of rotatable bonds is 7. The first-order valence-electron chi connectivity index (χ1n) is 7.18. The molecule has 0 radical (unpaired) electrons. The Balaban J connectivity index is 1.91. The van der Waals surface area contributed by atoms with Crippen LogP contribution in [0.2, 0.25) is 0 Å². The van der Waals surface area contributed by atoms with Gasteiger partial charge in [-0.05, 0) is 43.0 Å². The summed E-state index contributed by atoms with van der Waals surface area (Å²) in [6, 6.07) is 5.87. The highest BCUT2D eigenvalue weighted by molar-refractivity contribution is 8.26. The lowest BCUT2D eigenvalue weighted by Gasteiger charge is -2.14. The number of nitrogens with zero attached hydrogens (tertiary/aromatic N) is 1. The zero-order valence-electron chi connectivity index (χ0n) is 12.3. The maximum Gasteiger partial charge on any atom is 0.266 e. The Morgan fingerprint density at radius 2 is 1.96 bits per heavy atom. The number of aliphatic carboxylic acids is 1. The van der Waals surface area contributed by atoms with Crippen LogP contribution in [0.5, 0.6) is 0 Å². The minimum atomic E-state index is -1.06. The number of hydrogen-bond acceptors (Lipinski definition) is 5. The van der Waals surface area contributed by atoms with Crippen LogP contribution in [0.4, 0.5) is 4.39 Å². The fourth-order valence-electron chi connectivity index (χ4n) is 2.12. The van der Waals surface area contributed by atoms with Gasteiger partial charge in [-0.3, -0.25) is 9.69 Å². The molecule has 1 saturated heterocycles. The zero-order chi connectivity index (χ0) is 16.8. The Kier molecular flexibility index (Phi) is 6.29. The van der Waals surface area contributed by atoms with Crippen molar-refractivity contribution in [2.24, 2.45) is 0 Å². The minimum absolute atomic E-state index is 0.0306. The number of carbonyl (C=O) groups is 2. The van der Waals surface area contributed by atoms with Crippen molar-refractivity contribution in [2.75, 3.05) is 6.54 Å². The van der Waals surface area contributed by atoms with Crippen molar-refractivity contribution in [3.63, 3.8) is 0 Å². The lowest BCUT2D eigenvalue weighted by atomic mass is 10.2. The SMILES string of the molecule is O=C([O-])CCCCCN1C(=O)/C(=C\c2ccc(F)cc2)SC1=S. The zero-order valence-corrected chi connectivity index (χ0v) is 13.9. The van der Waals surface area contributed by atoms with E-state index in [-0.39, 0.29) is 18.1 Å². The molecule has 1 aliphatic heterocycles. The highest BCUT2D eigenvalue weighted by atomic mass is 32.2. The van der Waals surface area contributed by atoms with Crippen LogP contribution in [0.1, 0.15) is 31.2 Å². The molecule has 23 heavy (non-hydrogen) atoms. The van der Waals surface area contributed by atoms with Crippen molar-refractivity contribution >= 4 is 46.3 Å². The summed E-state index contributed by atoms with van der Waals surface area (Å²) in [7, 11) is 0. The Labute approximate surface area is 143 Å². The number of hydrogen-bond donors (Lipinski definition) is 0. The molecular weight excluding hydrogens is 337 g/mol. The third kappa shape index (κ3) is 5.14. The summed E-state index contributed by atoms with van der Waals surface area (Å²) in [5, 5.41) is 10.3. The summed E-state index contributed by atoms with van der Waals surface area (Å²) in [5.41, 5.74) is 0.737. The molecule has 0 spiro atoms. The lowest BCUT2D eigenvalue weighted by molar-refractivity contribution is -0.305. The number of benzene rings is 1. The van der Waals surface area contributed by atoms with Gasteiger partial charge in [-0.2, -0.15) is 0 Å². The molecule has 1 heterocycles. The van der Waals surface area contributed by atoms with Gasteiger partial charge < -0.3 is 9.90 Å². The van der Waals surface area contributed by atoms with Crippen molar-refractivity contribution < 1.29 is 19.1 Å². The normalized spacial score (nSPS) is 16.4. The van der Waals surface area contributed by atoms with E-state index in [1.54, 1.807) is 18.2 Å². The van der Waals surface area contributed by atoms with Gasteiger partial charge in [-0.1, -0.05) is 42.5 Å². The fourth-order valence-corrected chi connectivity index (χ4v) is 3.43. The quantitative estimate of drug-likeness (QED) is 0.428. The molecule has 1 amide bonds. The second-order valence-corrected chi connectivity index (χ2v) is 6.74. The van der Waals surface area contributed by atoms with E-state index >= 15 is 0 Å². The summed E-state index contributed by atoms with van der Waals surface area (Å²) in [6.45, 7) is 0.471. The molecule has 0 atom stereocenters. The third-order valence-electron chi connectivity index (χ3n) is 3.30. The Morgan fingerprint density at radius 1 is 1.26 bits per heavy atom. The number of amides is 1. The van der Waals surface area contributed by atoms with Crippen LogP contribution in [0.15, 0.2) is 29.2 Å². The molecule has 1 aromatic carbocycles. The van der Waals surface area contributed by atoms with Gasteiger partial charge in [0.25, 0.3) is 5.91 Å². The Morgan fingerprint density at radius 3 is 2.61 bits per heavy atom. The first kappa shape index (κ1) is 17.6. The first-order chi connectivity index (χ1) is 11.0. The summed E-state index contributed by atoms with van der Waals surface area (Å²) in [4.78, 5) is 24.7. The fraction of sp³-hybridized carbons (Fsp3) is 0.312. The second kappa shape index (κ2) is 8.21. The molecule has 0 N–H and O–H groups in total. The summed E-state index contributed by atoms with van der Waals surface area (Å²) in [5.74, 6) is -1.55. The number of thiocarbonyl (C=S) groups is 1. The maximum atomic E-state index is 12.9. The molecular formula is C16H15FNO3S2-. The topological polar surface area (TPSA) is 60.4 Å². The predicted molar refractivity (Wildman–Crippen MR) is 89.8 cm³/mol. The van der Waals surface area contributed by atoms with E-state index in [0.29, 0.717) is 35.0 Å². The minimum Gasteiger partial charge on any atom is -0.550 e. The largest absolute Gasteiger partial charge is 0.550 e. The van der Waals surface area contributed by atoms with E-state index in [9.17, 15) is 19.1 Å². The van der Waals surface area contributed by atoms with Gasteiger partial charge in [0.15, 0.2) is 0 Å². The van der Waals surface area contributed by atoms with Crippen LogP contribution in [0.25, 0.3) is 6.08 Å². The van der Waals surface area contributed by atoms with E-state index in [0.717, 1.165) is 5.56 Å². The lowest BCUT2D eigenvalue weighted by Crippen LogP contribution is -2.29. The molecule has 1 aromatic rings. The van der Waals surface area contributed by atoms with Crippen molar-refractivity contribution in [3.8, 4) is 0 Å². The average Bonchev–Trinajstić information content (AvgIpc) is 2.76. The predicted octanol–water partition coefficient (Wildman–Crippen LogP) is 2.34. The summed E-state index contributed by atoms with van der Waals surface area (Å²) < 4.78 is 13.4. The molecule has 4 nitrogen and oxygen atoms in total. The molecule has 7 heteroatoms. The number of carboxylic acids is 1. The van der Waals surface area contributed by atoms with E-state index < -0.39 is 5.97 Å². The van der Waals surface area contributed by atoms with Gasteiger partial charge in [0.2, 0.25) is 0 Å². The van der Waals surface area contributed by atoms with Gasteiger partial charge in [-0.15, -0.1) is 0 Å². The molecule has 0 aromatic heterocycles. The number of unbranched alkanes of at least 4 members (excludes halogenated alkanes) is 2. The number of thioether (sulfide) groups is 1. The average molecular weight is 352 g/mol. The van der Waals surface area contributed by atoms with Crippen molar-refractivity contribution in [1.82, 2.24) is 4.90 Å². The smallest absolute Gasteiger partial charge is 0.266 e. The summed E-state index contributed by atoms with van der Waals surface area (Å²) in [6.07, 6.45) is 3.63. The Bertz CT molecular complexity index is 643. The molecule has 0 saturated carbocycles. The van der Waals surface area contributed by atoms with Crippen LogP contribution in [-0.2, 0) is 9.59 Å². The standard InChI is InChI=1S/C16H16FNO3S2/c17-12-7-5-11(6-8-12)10-13-15(21)18(16(22)23-13)9-3-1-2-4-14(19)20/h5-8,10H,1-4,9H2,(H,19,20)/p-1/b13-10+. The van der Waals surface area contributed by atoms with Gasteiger partial charge in [0, 0.05) is 12.5 Å². The van der Waals surface area contributed by atoms with Gasteiger partial charge in [0.1, 0.15) is 10.1 Å². The second-order valence-electron chi connectivity index (χ2n) is 5.07. The van der Waals surface area contributed by atoms with Crippen molar-refractivity contribution in [1.29, 1.82) is 0 Å². The van der Waals surface area contributed by atoms with Crippen LogP contribution in [0.3, 0.4) is 0 Å². The van der Waals surface area contributed by atoms with Crippen LogP contribution >= 0.6 is 24.0 Å². The molecule has 0 bridgehead atoms. The highest BCUT2D eigenvalue weighted by Gasteiger charge is 2.31. The van der Waals surface area contributed by atoms with Crippen LogP contribution in [0, 0.1) is 5.82 Å². The number of carboxylic acid groups (broad SMARTS) is 1. The Hall–Kier alpha value is -1.73. The third-order valence-corrected chi connectivity index (χ3v) is 4.68. The van der Waals surface area contributed by atoms with Gasteiger partial charge >= 0.3 is 0 Å². The van der Waals surface area contributed by atoms with Crippen LogP contribution < -0.4 is 5.11 Å². The van der Waals surface area contributed by atoms with Crippen LogP contribution in [-0.4, -0.2) is 27.6 Å². The monoisotopic (exact) mass is 352 g/mol. The van der Waals surface area contributed by atoms with Crippen molar-refractivity contribution in [2.45, 2.75) is 25.7 Å². The van der Waals surface area contributed by atoms with Gasteiger partial charge in [0.05, 0.1) is 4.91 Å². The molecule has 0 unspecified atom stereocenters.